The first-order chi connectivity index (χ1) is 15.6. The molecule has 1 aliphatic heterocycles. The maximum Gasteiger partial charge on any atom is 0.255 e. The summed E-state index contributed by atoms with van der Waals surface area (Å²) >= 11 is 1.51. The van der Waals surface area contributed by atoms with Crippen LogP contribution in [0.1, 0.15) is 22.3 Å². The Bertz CT molecular complexity index is 1250. The second-order valence-corrected chi connectivity index (χ2v) is 8.49. The van der Waals surface area contributed by atoms with Crippen molar-refractivity contribution < 1.29 is 13.9 Å². The van der Waals surface area contributed by atoms with Crippen LogP contribution in [0.3, 0.4) is 0 Å². The number of hydrogen-bond donors (Lipinski definition) is 1. The second kappa shape index (κ2) is 8.60. The topological polar surface area (TPSA) is 81.9 Å². The molecule has 0 bridgehead atoms. The summed E-state index contributed by atoms with van der Waals surface area (Å²) in [6.45, 7) is 3.05. The van der Waals surface area contributed by atoms with Crippen molar-refractivity contribution in [2.45, 2.75) is 19.4 Å². The summed E-state index contributed by atoms with van der Waals surface area (Å²) in [7, 11) is 0. The van der Waals surface area contributed by atoms with Crippen LogP contribution in [0.4, 0.5) is 4.39 Å². The number of benzene rings is 1. The van der Waals surface area contributed by atoms with E-state index in [4.69, 9.17) is 9.72 Å². The van der Waals surface area contributed by atoms with E-state index in [9.17, 15) is 9.18 Å². The highest BCUT2D eigenvalue weighted by Gasteiger charge is 2.25. The summed E-state index contributed by atoms with van der Waals surface area (Å²) < 4.78 is 20.3. The summed E-state index contributed by atoms with van der Waals surface area (Å²) in [5, 5.41) is 9.43. The first kappa shape index (κ1) is 20.5. The molecule has 1 atom stereocenters. The lowest BCUT2D eigenvalue weighted by molar-refractivity contribution is 0.0930. The molecule has 1 amide bonds. The number of nitrogens with one attached hydrogen (secondary N) is 1. The van der Waals surface area contributed by atoms with Crippen molar-refractivity contribution in [3.05, 3.63) is 71.1 Å². The zero-order valence-electron chi connectivity index (χ0n) is 17.3. The number of halogens is 1. The SMILES string of the molecule is Cc1cnc(-n2ncc(C(=O)NC3CCOC3)c2-c2cccs2)nc1-c1ccc(F)cc1. The Hall–Kier alpha value is -3.43. The number of aryl methyl sites for hydroxylation is 1. The number of carbonyl (C=O) groups excluding carboxylic acids is 1. The zero-order chi connectivity index (χ0) is 22.1. The fourth-order valence-electron chi connectivity index (χ4n) is 3.66. The van der Waals surface area contributed by atoms with Gasteiger partial charge in [-0.05, 0) is 54.6 Å². The van der Waals surface area contributed by atoms with E-state index in [0.29, 0.717) is 36.1 Å². The minimum absolute atomic E-state index is 0.0114. The largest absolute Gasteiger partial charge is 0.379 e. The van der Waals surface area contributed by atoms with Crippen LogP contribution in [-0.2, 0) is 4.74 Å². The number of thiophene rings is 1. The molecule has 0 spiro atoms. The van der Waals surface area contributed by atoms with Gasteiger partial charge in [0.2, 0.25) is 0 Å². The standard InChI is InChI=1S/C23H20FN5O2S/c1-14-11-25-23(28-20(14)15-4-6-16(24)7-5-15)29-21(19-3-2-10-32-19)18(12-26-29)22(30)27-17-8-9-31-13-17/h2-7,10-12,17H,8-9,13H2,1H3,(H,27,30). The monoisotopic (exact) mass is 449 g/mol. The molecule has 0 radical (unpaired) electrons. The van der Waals surface area contributed by atoms with Gasteiger partial charge in [0.05, 0.1) is 35.0 Å². The number of amides is 1. The van der Waals surface area contributed by atoms with E-state index in [1.165, 1.54) is 23.5 Å². The van der Waals surface area contributed by atoms with E-state index < -0.39 is 0 Å². The molecule has 4 heterocycles. The third kappa shape index (κ3) is 3.92. The average Bonchev–Trinajstić information content (AvgIpc) is 3.56. The molecule has 1 fully saturated rings. The van der Waals surface area contributed by atoms with Gasteiger partial charge in [-0.2, -0.15) is 9.78 Å². The zero-order valence-corrected chi connectivity index (χ0v) is 18.1. The van der Waals surface area contributed by atoms with Crippen LogP contribution >= 0.6 is 11.3 Å². The summed E-state index contributed by atoms with van der Waals surface area (Å²) in [5.41, 5.74) is 3.38. The molecule has 1 aromatic carbocycles. The van der Waals surface area contributed by atoms with Gasteiger partial charge in [-0.3, -0.25) is 4.79 Å². The summed E-state index contributed by atoms with van der Waals surface area (Å²) in [6.07, 6.45) is 4.04. The molecule has 9 heteroatoms. The van der Waals surface area contributed by atoms with Crippen LogP contribution in [0, 0.1) is 12.7 Å². The van der Waals surface area contributed by atoms with Gasteiger partial charge in [-0.15, -0.1) is 11.3 Å². The molecule has 162 valence electrons. The smallest absolute Gasteiger partial charge is 0.255 e. The number of carbonyl (C=O) groups is 1. The minimum Gasteiger partial charge on any atom is -0.379 e. The van der Waals surface area contributed by atoms with Crippen molar-refractivity contribution in [2.24, 2.45) is 0 Å². The lowest BCUT2D eigenvalue weighted by Gasteiger charge is -2.12. The highest BCUT2D eigenvalue weighted by molar-refractivity contribution is 7.13. The molecule has 1 aliphatic rings. The molecular weight excluding hydrogens is 429 g/mol. The van der Waals surface area contributed by atoms with Gasteiger partial charge in [0.1, 0.15) is 11.5 Å². The fourth-order valence-corrected chi connectivity index (χ4v) is 4.43. The van der Waals surface area contributed by atoms with Crippen LogP contribution < -0.4 is 5.32 Å². The van der Waals surface area contributed by atoms with Crippen molar-refractivity contribution in [1.82, 2.24) is 25.1 Å². The highest BCUT2D eigenvalue weighted by Crippen LogP contribution is 2.31. The first-order valence-corrected chi connectivity index (χ1v) is 11.1. The number of nitrogens with zero attached hydrogens (tertiary/aromatic N) is 4. The van der Waals surface area contributed by atoms with Gasteiger partial charge in [-0.1, -0.05) is 6.07 Å². The van der Waals surface area contributed by atoms with Crippen molar-refractivity contribution in [3.8, 4) is 27.8 Å². The Morgan fingerprint density at radius 3 is 2.81 bits per heavy atom. The molecule has 0 aliphatic carbocycles. The van der Waals surface area contributed by atoms with E-state index in [-0.39, 0.29) is 17.8 Å². The average molecular weight is 450 g/mol. The summed E-state index contributed by atoms with van der Waals surface area (Å²) in [5.74, 6) is -0.182. The Labute approximate surface area is 187 Å². The predicted molar refractivity (Wildman–Crippen MR) is 119 cm³/mol. The van der Waals surface area contributed by atoms with Crippen molar-refractivity contribution in [3.63, 3.8) is 0 Å². The molecule has 4 aromatic rings. The van der Waals surface area contributed by atoms with E-state index >= 15 is 0 Å². The lowest BCUT2D eigenvalue weighted by Crippen LogP contribution is -2.35. The molecule has 1 N–H and O–H groups in total. The predicted octanol–water partition coefficient (Wildman–Crippen LogP) is 4.02. The lowest BCUT2D eigenvalue weighted by atomic mass is 10.1. The Morgan fingerprint density at radius 1 is 1.25 bits per heavy atom. The maximum absolute atomic E-state index is 13.4. The van der Waals surface area contributed by atoms with Crippen LogP contribution in [0.15, 0.2) is 54.2 Å². The van der Waals surface area contributed by atoms with Gasteiger partial charge in [0.25, 0.3) is 11.9 Å². The quantitative estimate of drug-likeness (QED) is 0.498. The molecule has 0 saturated carbocycles. The molecule has 5 rings (SSSR count). The molecule has 7 nitrogen and oxygen atoms in total. The normalized spacial score (nSPS) is 15.8. The summed E-state index contributed by atoms with van der Waals surface area (Å²) in [6, 6.07) is 10.0. The highest BCUT2D eigenvalue weighted by atomic mass is 32.1. The molecule has 1 unspecified atom stereocenters. The van der Waals surface area contributed by atoms with E-state index in [0.717, 1.165) is 22.4 Å². The van der Waals surface area contributed by atoms with Crippen molar-refractivity contribution >= 4 is 17.2 Å². The third-order valence-electron chi connectivity index (χ3n) is 5.30. The number of aromatic nitrogens is 4. The number of rotatable bonds is 5. The molecule has 3 aromatic heterocycles. The Balaban J connectivity index is 1.58. The van der Waals surface area contributed by atoms with Gasteiger partial charge in [-0.25, -0.2) is 14.4 Å². The minimum atomic E-state index is -0.309. The van der Waals surface area contributed by atoms with Crippen molar-refractivity contribution in [1.29, 1.82) is 0 Å². The van der Waals surface area contributed by atoms with Crippen LogP contribution in [0.2, 0.25) is 0 Å². The second-order valence-electron chi connectivity index (χ2n) is 7.54. The van der Waals surface area contributed by atoms with E-state index in [2.05, 4.69) is 15.4 Å². The van der Waals surface area contributed by atoms with E-state index in [1.54, 1.807) is 29.2 Å². The van der Waals surface area contributed by atoms with Gasteiger partial charge in [0.15, 0.2) is 0 Å². The van der Waals surface area contributed by atoms with E-state index in [1.807, 2.05) is 24.4 Å². The van der Waals surface area contributed by atoms with Crippen LogP contribution in [0.5, 0.6) is 0 Å². The molecule has 32 heavy (non-hydrogen) atoms. The molecular formula is C23H20FN5O2S. The number of ether oxygens (including phenoxy) is 1. The first-order valence-electron chi connectivity index (χ1n) is 10.2. The Kier molecular flexibility index (Phi) is 5.50. The fraction of sp³-hybridized carbons (Fsp3) is 0.217. The van der Waals surface area contributed by atoms with Crippen LogP contribution in [0.25, 0.3) is 27.8 Å². The maximum atomic E-state index is 13.4. The molecule has 1 saturated heterocycles. The van der Waals surface area contributed by atoms with Gasteiger partial charge < -0.3 is 10.1 Å². The van der Waals surface area contributed by atoms with Crippen LogP contribution in [-0.4, -0.2) is 44.9 Å². The number of hydrogen-bond acceptors (Lipinski definition) is 6. The Morgan fingerprint density at radius 2 is 2.09 bits per heavy atom. The third-order valence-corrected chi connectivity index (χ3v) is 6.18. The van der Waals surface area contributed by atoms with Gasteiger partial charge >= 0.3 is 0 Å². The van der Waals surface area contributed by atoms with Crippen molar-refractivity contribution in [2.75, 3.05) is 13.2 Å². The summed E-state index contributed by atoms with van der Waals surface area (Å²) in [4.78, 5) is 23.1. The van der Waals surface area contributed by atoms with Gasteiger partial charge in [0, 0.05) is 18.4 Å².